The summed E-state index contributed by atoms with van der Waals surface area (Å²) in [6.45, 7) is 7.05. The minimum atomic E-state index is -4.75. The van der Waals surface area contributed by atoms with Gasteiger partial charge in [0.25, 0.3) is 0 Å². The molecule has 7 heteroatoms. The Kier molecular flexibility index (Phi) is 5.70. The van der Waals surface area contributed by atoms with Gasteiger partial charge in [-0.2, -0.15) is 13.2 Å². The Hall–Kier alpha value is -2.44. The van der Waals surface area contributed by atoms with Gasteiger partial charge in [-0.05, 0) is 22.5 Å². The SMILES string of the molecule is CC1(C)CC(=O)C([C@H](C2=C(O)CC(C)(C)CC2=O)c2ccccc2C(F)(F)F)C(=O)C1. The third kappa shape index (κ3) is 4.60. The molecule has 0 radical (unpaired) electrons. The van der Waals surface area contributed by atoms with Gasteiger partial charge in [-0.3, -0.25) is 14.4 Å². The Bertz CT molecular complexity index is 949. The molecule has 2 aliphatic rings. The molecule has 4 nitrogen and oxygen atoms in total. The van der Waals surface area contributed by atoms with Gasteiger partial charge in [-0.1, -0.05) is 45.9 Å². The molecule has 0 unspecified atom stereocenters. The van der Waals surface area contributed by atoms with Gasteiger partial charge >= 0.3 is 6.18 Å². The number of hydrogen-bond acceptors (Lipinski definition) is 4. The van der Waals surface area contributed by atoms with Crippen molar-refractivity contribution in [3.05, 3.63) is 46.7 Å². The maximum atomic E-state index is 13.8. The second-order valence-corrected chi connectivity index (χ2v) is 10.3. The molecule has 1 aromatic rings. The zero-order valence-electron chi connectivity index (χ0n) is 18.1. The van der Waals surface area contributed by atoms with Crippen LogP contribution in [0.15, 0.2) is 35.6 Å². The van der Waals surface area contributed by atoms with Gasteiger partial charge in [0, 0.05) is 37.2 Å². The number of Topliss-reactive ketones (excluding diaryl/α,β-unsaturated/α-hetero) is 3. The van der Waals surface area contributed by atoms with Crippen LogP contribution in [-0.2, 0) is 20.6 Å². The van der Waals surface area contributed by atoms with E-state index in [-0.39, 0.29) is 42.6 Å². The molecule has 1 saturated carbocycles. The highest BCUT2D eigenvalue weighted by Crippen LogP contribution is 2.49. The molecule has 0 spiro atoms. The van der Waals surface area contributed by atoms with Gasteiger partial charge in [0.15, 0.2) is 5.78 Å². The van der Waals surface area contributed by atoms with Crippen molar-refractivity contribution in [1.82, 2.24) is 0 Å². The molecule has 31 heavy (non-hydrogen) atoms. The number of aliphatic hydroxyl groups excluding tert-OH is 1. The van der Waals surface area contributed by atoms with Crippen LogP contribution in [0.4, 0.5) is 13.2 Å². The summed E-state index contributed by atoms with van der Waals surface area (Å²) in [4.78, 5) is 39.2. The smallest absolute Gasteiger partial charge is 0.416 e. The van der Waals surface area contributed by atoms with E-state index in [1.807, 2.05) is 0 Å². The lowest BCUT2D eigenvalue weighted by Gasteiger charge is -2.39. The second kappa shape index (κ2) is 7.61. The van der Waals surface area contributed by atoms with E-state index < -0.39 is 51.8 Å². The molecule has 0 amide bonds. The molecule has 1 aromatic carbocycles. The van der Waals surface area contributed by atoms with Crippen LogP contribution < -0.4 is 0 Å². The first-order valence-corrected chi connectivity index (χ1v) is 10.3. The van der Waals surface area contributed by atoms with Crippen LogP contribution in [0.25, 0.3) is 0 Å². The summed E-state index contributed by atoms with van der Waals surface area (Å²) in [5.74, 6) is -4.76. The predicted molar refractivity (Wildman–Crippen MR) is 108 cm³/mol. The van der Waals surface area contributed by atoms with Crippen molar-refractivity contribution in [3.63, 3.8) is 0 Å². The van der Waals surface area contributed by atoms with Crippen LogP contribution in [0.1, 0.15) is 70.4 Å². The van der Waals surface area contributed by atoms with Gasteiger partial charge in [0.1, 0.15) is 17.3 Å². The Labute approximate surface area is 179 Å². The number of carbonyl (C=O) groups excluding carboxylic acids is 3. The topological polar surface area (TPSA) is 71.4 Å². The number of benzene rings is 1. The average Bonchev–Trinajstić information content (AvgIpc) is 2.56. The summed E-state index contributed by atoms with van der Waals surface area (Å²) >= 11 is 0. The molecule has 0 bridgehead atoms. The first kappa shape index (κ1) is 23.2. The van der Waals surface area contributed by atoms with Gasteiger partial charge in [-0.15, -0.1) is 0 Å². The highest BCUT2D eigenvalue weighted by Gasteiger charge is 2.50. The molecule has 0 saturated heterocycles. The molecule has 0 aliphatic heterocycles. The van der Waals surface area contributed by atoms with Crippen molar-refractivity contribution >= 4 is 17.3 Å². The maximum Gasteiger partial charge on any atom is 0.416 e. The number of carbonyl (C=O) groups is 3. The molecule has 2 aliphatic carbocycles. The zero-order chi connectivity index (χ0) is 23.4. The first-order chi connectivity index (χ1) is 14.1. The monoisotopic (exact) mass is 436 g/mol. The van der Waals surface area contributed by atoms with Crippen LogP contribution in [0, 0.1) is 16.7 Å². The van der Waals surface area contributed by atoms with Crippen molar-refractivity contribution in [1.29, 1.82) is 0 Å². The van der Waals surface area contributed by atoms with Crippen LogP contribution in [0.2, 0.25) is 0 Å². The minimum absolute atomic E-state index is 0.0116. The summed E-state index contributed by atoms with van der Waals surface area (Å²) in [7, 11) is 0. The number of halogens is 3. The number of ketones is 3. The molecule has 168 valence electrons. The normalized spacial score (nSPS) is 23.3. The lowest BCUT2D eigenvalue weighted by molar-refractivity contribution is -0.143. The van der Waals surface area contributed by atoms with Crippen LogP contribution in [0.3, 0.4) is 0 Å². The van der Waals surface area contributed by atoms with E-state index in [0.717, 1.165) is 6.07 Å². The van der Waals surface area contributed by atoms with E-state index in [9.17, 15) is 32.7 Å². The summed E-state index contributed by atoms with van der Waals surface area (Å²) in [6, 6.07) is 4.67. The Morgan fingerprint density at radius 1 is 0.903 bits per heavy atom. The standard InChI is InChI=1S/C24H27F3O4/c1-22(2)9-15(28)20(16(29)10-22)19(13-7-5-6-8-14(13)24(25,26)27)21-17(30)11-23(3,4)12-18(21)31/h5-8,19-20,30H,9-12H2,1-4H3/t19-/m1/s1. The van der Waals surface area contributed by atoms with E-state index in [4.69, 9.17) is 0 Å². The second-order valence-electron chi connectivity index (χ2n) is 10.3. The lowest BCUT2D eigenvalue weighted by Crippen LogP contribution is -2.43. The minimum Gasteiger partial charge on any atom is -0.512 e. The molecule has 0 aromatic heterocycles. The average molecular weight is 436 g/mol. The van der Waals surface area contributed by atoms with Crippen LogP contribution in [0.5, 0.6) is 0 Å². The third-order valence-corrected chi connectivity index (χ3v) is 6.14. The third-order valence-electron chi connectivity index (χ3n) is 6.14. The Morgan fingerprint density at radius 3 is 1.94 bits per heavy atom. The van der Waals surface area contributed by atoms with E-state index >= 15 is 0 Å². The van der Waals surface area contributed by atoms with Crippen LogP contribution in [-0.4, -0.2) is 22.5 Å². The van der Waals surface area contributed by atoms with Gasteiger partial charge < -0.3 is 5.11 Å². The van der Waals surface area contributed by atoms with Crippen molar-refractivity contribution in [2.75, 3.05) is 0 Å². The highest BCUT2D eigenvalue weighted by atomic mass is 19.4. The summed E-state index contributed by atoms with van der Waals surface area (Å²) in [5, 5.41) is 10.8. The molecule has 1 fully saturated rings. The molecule has 0 heterocycles. The van der Waals surface area contributed by atoms with Gasteiger partial charge in [-0.25, -0.2) is 0 Å². The fraction of sp³-hybridized carbons (Fsp3) is 0.542. The molecule has 3 rings (SSSR count). The number of allylic oxidation sites excluding steroid dienone is 2. The fourth-order valence-electron chi connectivity index (χ4n) is 4.96. The van der Waals surface area contributed by atoms with E-state index in [1.165, 1.54) is 18.2 Å². The summed E-state index contributed by atoms with van der Waals surface area (Å²) < 4.78 is 41.5. The predicted octanol–water partition coefficient (Wildman–Crippen LogP) is 5.56. The first-order valence-electron chi connectivity index (χ1n) is 10.3. The molecular weight excluding hydrogens is 409 g/mol. The van der Waals surface area contributed by atoms with E-state index in [2.05, 4.69) is 0 Å². The molecular formula is C24H27F3O4. The Balaban J connectivity index is 2.26. The van der Waals surface area contributed by atoms with Crippen molar-refractivity contribution in [2.45, 2.75) is 65.5 Å². The summed E-state index contributed by atoms with van der Waals surface area (Å²) in [6.07, 6.45) is -4.62. The van der Waals surface area contributed by atoms with Crippen molar-refractivity contribution in [2.24, 2.45) is 16.7 Å². The lowest BCUT2D eigenvalue weighted by atomic mass is 9.62. The number of hydrogen-bond donors (Lipinski definition) is 1. The van der Waals surface area contributed by atoms with Gasteiger partial charge in [0.05, 0.1) is 11.5 Å². The van der Waals surface area contributed by atoms with Crippen molar-refractivity contribution < 1.29 is 32.7 Å². The zero-order valence-corrected chi connectivity index (χ0v) is 18.1. The highest BCUT2D eigenvalue weighted by molar-refractivity contribution is 6.09. The number of rotatable bonds is 3. The molecule has 1 atom stereocenters. The quantitative estimate of drug-likeness (QED) is 0.630. The number of aliphatic hydroxyl groups is 1. The maximum absolute atomic E-state index is 13.8. The summed E-state index contributed by atoms with van der Waals surface area (Å²) in [5.41, 5.74) is -2.74. The van der Waals surface area contributed by atoms with Gasteiger partial charge in [0.2, 0.25) is 0 Å². The van der Waals surface area contributed by atoms with E-state index in [0.29, 0.717) is 0 Å². The van der Waals surface area contributed by atoms with Crippen molar-refractivity contribution in [3.8, 4) is 0 Å². The molecule has 1 N–H and O–H groups in total. The van der Waals surface area contributed by atoms with E-state index in [1.54, 1.807) is 27.7 Å². The fourth-order valence-corrected chi connectivity index (χ4v) is 4.96. The Morgan fingerprint density at radius 2 is 1.42 bits per heavy atom. The largest absolute Gasteiger partial charge is 0.512 e. The number of alkyl halides is 3. The van der Waals surface area contributed by atoms with Crippen LogP contribution >= 0.6 is 0 Å².